The molecule has 6 N–H and O–H groups in total. The molecule has 0 saturated carbocycles. The predicted octanol–water partition coefficient (Wildman–Crippen LogP) is -2.31. The third-order valence-corrected chi connectivity index (χ3v) is 2.75. The molecule has 0 aromatic heterocycles. The molecule has 0 aromatic carbocycles. The lowest BCUT2D eigenvalue weighted by atomic mass is 10.1. The van der Waals surface area contributed by atoms with E-state index < -0.39 is 55.6 Å². The van der Waals surface area contributed by atoms with E-state index in [2.05, 4.69) is 10.6 Å². The van der Waals surface area contributed by atoms with Crippen LogP contribution in [0.4, 0.5) is 0 Å². The zero-order valence-corrected chi connectivity index (χ0v) is 13.8. The van der Waals surface area contributed by atoms with Crippen LogP contribution < -0.4 is 10.6 Å². The normalized spacial score (nSPS) is 12.7. The second kappa shape index (κ2) is 14.1. The Bertz CT molecular complexity index is 359. The summed E-state index contributed by atoms with van der Waals surface area (Å²) in [5, 5.41) is 39.9. The summed E-state index contributed by atoms with van der Waals surface area (Å²) in [5.74, 6) is -1.80. The largest absolute Gasteiger partial charge is 0.394 e. The van der Waals surface area contributed by atoms with Gasteiger partial charge in [-0.2, -0.15) is 0 Å². The van der Waals surface area contributed by atoms with Crippen molar-refractivity contribution in [3.63, 3.8) is 0 Å². The lowest BCUT2D eigenvalue weighted by Crippen LogP contribution is -2.47. The predicted molar refractivity (Wildman–Crippen MR) is 82.4 cm³/mol. The van der Waals surface area contributed by atoms with Gasteiger partial charge in [0.15, 0.2) is 11.9 Å². The molecule has 0 saturated heterocycles. The number of carbonyl (C=O) groups excluding carboxylic acids is 3. The van der Waals surface area contributed by atoms with Gasteiger partial charge in [0, 0.05) is 6.42 Å². The molecule has 0 heterocycles. The van der Waals surface area contributed by atoms with E-state index in [9.17, 15) is 14.4 Å². The van der Waals surface area contributed by atoms with Gasteiger partial charge in [-0.25, -0.2) is 0 Å². The maximum absolute atomic E-state index is 11.5. The number of aliphatic hydroxyl groups excluding tert-OH is 4. The molecule has 0 aliphatic carbocycles. The van der Waals surface area contributed by atoms with Crippen LogP contribution in [0.15, 0.2) is 0 Å². The van der Waals surface area contributed by atoms with E-state index in [1.807, 2.05) is 13.8 Å². The summed E-state index contributed by atoms with van der Waals surface area (Å²) < 4.78 is 0. The Kier molecular flexibility index (Phi) is 14.5. The van der Waals surface area contributed by atoms with Crippen molar-refractivity contribution >= 4 is 17.6 Å². The molecule has 0 radical (unpaired) electrons. The fourth-order valence-corrected chi connectivity index (χ4v) is 1.45. The number of aliphatic hydroxyl groups is 4. The molecule has 0 aliphatic heterocycles. The van der Waals surface area contributed by atoms with Gasteiger partial charge in [0.25, 0.3) is 5.91 Å². The Morgan fingerprint density at radius 2 is 1.48 bits per heavy atom. The number of nitrogens with one attached hydrogen (secondary N) is 2. The smallest absolute Gasteiger partial charge is 0.251 e. The lowest BCUT2D eigenvalue weighted by Gasteiger charge is -2.18. The van der Waals surface area contributed by atoms with Crippen LogP contribution in [0.3, 0.4) is 0 Å². The first-order valence-electron chi connectivity index (χ1n) is 7.46. The molecular formula is C14H28N2O7. The van der Waals surface area contributed by atoms with E-state index in [0.717, 1.165) is 0 Å². The Hall–Kier alpha value is -1.55. The standard InChI is InChI=1S/C12H22N2O7.C2H6/c1-7(18)9(14-12(21)10(19)6-17)2-3-11(20)13-8(4-15)5-16;1-2/h8-10,15-17,19H,2-6H2,1H3,(H,13,20)(H,14,21);1-2H3. The Morgan fingerprint density at radius 1 is 0.957 bits per heavy atom. The summed E-state index contributed by atoms with van der Waals surface area (Å²) >= 11 is 0. The maximum Gasteiger partial charge on any atom is 0.251 e. The van der Waals surface area contributed by atoms with Gasteiger partial charge in [0.2, 0.25) is 5.91 Å². The molecule has 23 heavy (non-hydrogen) atoms. The van der Waals surface area contributed by atoms with Crippen LogP contribution in [0.25, 0.3) is 0 Å². The highest BCUT2D eigenvalue weighted by Gasteiger charge is 2.22. The average molecular weight is 336 g/mol. The van der Waals surface area contributed by atoms with Gasteiger partial charge in [-0.1, -0.05) is 13.8 Å². The second-order valence-corrected chi connectivity index (χ2v) is 4.54. The zero-order chi connectivity index (χ0) is 18.4. The van der Waals surface area contributed by atoms with Crippen molar-refractivity contribution in [3.8, 4) is 0 Å². The summed E-state index contributed by atoms with van der Waals surface area (Å²) in [6.07, 6.45) is -1.75. The van der Waals surface area contributed by atoms with Gasteiger partial charge in [-0.05, 0) is 13.3 Å². The minimum Gasteiger partial charge on any atom is -0.394 e. The molecule has 2 amide bonds. The number of rotatable bonds is 10. The number of hydrogen-bond donors (Lipinski definition) is 6. The molecular weight excluding hydrogens is 308 g/mol. The average Bonchev–Trinajstić information content (AvgIpc) is 2.56. The van der Waals surface area contributed by atoms with E-state index >= 15 is 0 Å². The number of amides is 2. The molecule has 0 spiro atoms. The van der Waals surface area contributed by atoms with E-state index in [4.69, 9.17) is 20.4 Å². The molecule has 0 aromatic rings. The van der Waals surface area contributed by atoms with Gasteiger partial charge >= 0.3 is 0 Å². The highest BCUT2D eigenvalue weighted by molar-refractivity contribution is 5.89. The molecule has 9 nitrogen and oxygen atoms in total. The summed E-state index contributed by atoms with van der Waals surface area (Å²) in [4.78, 5) is 34.3. The summed E-state index contributed by atoms with van der Waals surface area (Å²) in [5.41, 5.74) is 0. The number of ketones is 1. The van der Waals surface area contributed by atoms with Gasteiger partial charge in [0.05, 0.1) is 31.9 Å². The van der Waals surface area contributed by atoms with E-state index in [-0.39, 0.29) is 12.8 Å². The van der Waals surface area contributed by atoms with Crippen LogP contribution in [0.5, 0.6) is 0 Å². The Labute approximate surface area is 135 Å². The number of Topliss-reactive ketones (excluding diaryl/α,β-unsaturated/α-hetero) is 1. The van der Waals surface area contributed by atoms with Crippen molar-refractivity contribution < 1.29 is 34.8 Å². The van der Waals surface area contributed by atoms with Crippen molar-refractivity contribution in [1.29, 1.82) is 0 Å². The van der Waals surface area contributed by atoms with Crippen molar-refractivity contribution in [2.24, 2.45) is 0 Å². The minimum absolute atomic E-state index is 0.00533. The topological polar surface area (TPSA) is 156 Å². The first kappa shape index (κ1) is 23.7. The zero-order valence-electron chi connectivity index (χ0n) is 13.8. The molecule has 0 bridgehead atoms. The molecule has 0 aliphatic rings. The third-order valence-electron chi connectivity index (χ3n) is 2.75. The fraction of sp³-hybridized carbons (Fsp3) is 0.786. The first-order chi connectivity index (χ1) is 10.8. The van der Waals surface area contributed by atoms with E-state index in [1.54, 1.807) is 0 Å². The summed E-state index contributed by atoms with van der Waals surface area (Å²) in [6.45, 7) is 3.61. The highest BCUT2D eigenvalue weighted by atomic mass is 16.3. The number of carbonyl (C=O) groups is 3. The summed E-state index contributed by atoms with van der Waals surface area (Å²) in [7, 11) is 0. The Balaban J connectivity index is 0. The molecule has 0 rings (SSSR count). The van der Waals surface area contributed by atoms with Crippen LogP contribution >= 0.6 is 0 Å². The van der Waals surface area contributed by atoms with Gasteiger partial charge in [0.1, 0.15) is 0 Å². The van der Waals surface area contributed by atoms with Gasteiger partial charge < -0.3 is 31.1 Å². The summed E-state index contributed by atoms with van der Waals surface area (Å²) in [6, 6.07) is -1.75. The quantitative estimate of drug-likeness (QED) is 0.262. The fourth-order valence-electron chi connectivity index (χ4n) is 1.45. The van der Waals surface area contributed by atoms with Crippen molar-refractivity contribution in [2.75, 3.05) is 19.8 Å². The van der Waals surface area contributed by atoms with E-state index in [0.29, 0.717) is 0 Å². The first-order valence-corrected chi connectivity index (χ1v) is 7.46. The SMILES string of the molecule is CC.CC(=O)C(CCC(=O)NC(CO)CO)NC(=O)C(O)CO. The van der Waals surface area contributed by atoms with Crippen molar-refractivity contribution in [1.82, 2.24) is 10.6 Å². The van der Waals surface area contributed by atoms with E-state index in [1.165, 1.54) is 6.92 Å². The van der Waals surface area contributed by atoms with Crippen LogP contribution in [0.1, 0.15) is 33.6 Å². The third kappa shape index (κ3) is 10.7. The monoisotopic (exact) mass is 336 g/mol. The van der Waals surface area contributed by atoms with Gasteiger partial charge in [-0.15, -0.1) is 0 Å². The second-order valence-electron chi connectivity index (χ2n) is 4.54. The molecule has 136 valence electrons. The van der Waals surface area contributed by atoms with Crippen LogP contribution in [-0.4, -0.2) is 76.0 Å². The van der Waals surface area contributed by atoms with Crippen LogP contribution in [0.2, 0.25) is 0 Å². The number of hydrogen-bond acceptors (Lipinski definition) is 7. The molecule has 0 fully saturated rings. The lowest BCUT2D eigenvalue weighted by molar-refractivity contribution is -0.135. The van der Waals surface area contributed by atoms with Gasteiger partial charge in [-0.3, -0.25) is 14.4 Å². The molecule has 2 atom stereocenters. The van der Waals surface area contributed by atoms with Crippen LogP contribution in [-0.2, 0) is 14.4 Å². The molecule has 9 heteroatoms. The minimum atomic E-state index is -1.63. The van der Waals surface area contributed by atoms with Crippen molar-refractivity contribution in [3.05, 3.63) is 0 Å². The Morgan fingerprint density at radius 3 is 1.87 bits per heavy atom. The highest BCUT2D eigenvalue weighted by Crippen LogP contribution is 2.01. The molecule has 2 unspecified atom stereocenters. The van der Waals surface area contributed by atoms with Crippen molar-refractivity contribution in [2.45, 2.75) is 51.8 Å². The van der Waals surface area contributed by atoms with Crippen LogP contribution in [0, 0.1) is 0 Å². The maximum atomic E-state index is 11.5.